The molecule has 5 nitrogen and oxygen atoms in total. The van der Waals surface area contributed by atoms with Crippen molar-refractivity contribution in [1.82, 2.24) is 15.1 Å². The van der Waals surface area contributed by atoms with E-state index in [2.05, 4.69) is 46.6 Å². The van der Waals surface area contributed by atoms with Crippen LogP contribution in [0.3, 0.4) is 0 Å². The van der Waals surface area contributed by atoms with Gasteiger partial charge in [0.15, 0.2) is 0 Å². The summed E-state index contributed by atoms with van der Waals surface area (Å²) in [5.41, 5.74) is 13.3. The van der Waals surface area contributed by atoms with E-state index in [1.54, 1.807) is 0 Å². The molecule has 5 heteroatoms. The summed E-state index contributed by atoms with van der Waals surface area (Å²) in [5.74, 6) is -0.268. The average molecular weight is 409 g/mol. The van der Waals surface area contributed by atoms with Gasteiger partial charge >= 0.3 is 0 Å². The maximum absolute atomic E-state index is 13.2. The van der Waals surface area contributed by atoms with E-state index in [-0.39, 0.29) is 11.8 Å². The Morgan fingerprint density at radius 3 is 2.16 bits per heavy atom. The molecule has 0 radical (unpaired) electrons. The van der Waals surface area contributed by atoms with Crippen molar-refractivity contribution < 1.29 is 4.79 Å². The highest BCUT2D eigenvalue weighted by molar-refractivity contribution is 5.85. The molecule has 0 fully saturated rings. The number of hydrogen-bond acceptors (Lipinski definition) is 3. The van der Waals surface area contributed by atoms with Crippen LogP contribution in [0, 0.1) is 0 Å². The van der Waals surface area contributed by atoms with Gasteiger partial charge in [-0.1, -0.05) is 84.9 Å². The average Bonchev–Trinajstić information content (AvgIpc) is 3.42. The number of amides is 1. The summed E-state index contributed by atoms with van der Waals surface area (Å²) in [4.78, 5) is 15.1. The summed E-state index contributed by atoms with van der Waals surface area (Å²) < 4.78 is 0. The summed E-state index contributed by atoms with van der Waals surface area (Å²) in [6.07, 6.45) is 0. The number of nitrogens with one attached hydrogen (secondary N) is 1. The van der Waals surface area contributed by atoms with Gasteiger partial charge < -0.3 is 10.6 Å². The van der Waals surface area contributed by atoms with E-state index < -0.39 is 0 Å². The third kappa shape index (κ3) is 3.64. The lowest BCUT2D eigenvalue weighted by Gasteiger charge is -2.22. The first-order chi connectivity index (χ1) is 15.2. The zero-order valence-electron chi connectivity index (χ0n) is 17.2. The van der Waals surface area contributed by atoms with E-state index in [1.165, 1.54) is 11.1 Å². The molecule has 0 bridgehead atoms. The largest absolute Gasteiger partial charge is 0.332 e. The second-order valence-electron chi connectivity index (χ2n) is 7.87. The van der Waals surface area contributed by atoms with Crippen LogP contribution in [0.5, 0.6) is 0 Å². The first-order valence-corrected chi connectivity index (χ1v) is 10.5. The van der Waals surface area contributed by atoms with Crippen molar-refractivity contribution in [1.29, 1.82) is 0 Å². The minimum absolute atomic E-state index is 0.0590. The summed E-state index contributed by atoms with van der Waals surface area (Å²) in [7, 11) is 0. The molecule has 0 saturated carbocycles. The Labute approximate surface area is 181 Å². The first-order valence-electron chi connectivity index (χ1n) is 10.5. The van der Waals surface area contributed by atoms with Crippen LogP contribution < -0.4 is 5.73 Å². The highest BCUT2D eigenvalue weighted by Crippen LogP contribution is 2.33. The predicted molar refractivity (Wildman–Crippen MR) is 122 cm³/mol. The summed E-state index contributed by atoms with van der Waals surface area (Å²) >= 11 is 0. The number of carbonyl (C=O) groups excluding carboxylic acids is 1. The number of nitrogens with two attached hydrogens (primary N) is 1. The Bertz CT molecular complexity index is 1180. The van der Waals surface area contributed by atoms with Crippen LogP contribution in [-0.2, 0) is 17.9 Å². The van der Waals surface area contributed by atoms with Gasteiger partial charge in [0.25, 0.3) is 0 Å². The summed E-state index contributed by atoms with van der Waals surface area (Å²) in [6.45, 7) is 1.37. The molecule has 4 aromatic rings. The molecular formula is C26H24N4O. The summed E-state index contributed by atoms with van der Waals surface area (Å²) in [5, 5.41) is 7.68. The number of fused-ring (bicyclic) bond motifs is 1. The number of hydrogen-bond donors (Lipinski definition) is 2. The van der Waals surface area contributed by atoms with Crippen LogP contribution in [0.15, 0.2) is 84.9 Å². The zero-order chi connectivity index (χ0) is 21.2. The molecule has 5 rings (SSSR count). The van der Waals surface area contributed by atoms with E-state index in [0.717, 1.165) is 28.1 Å². The van der Waals surface area contributed by atoms with Crippen LogP contribution >= 0.6 is 0 Å². The molecule has 0 saturated heterocycles. The molecule has 154 valence electrons. The fraction of sp³-hybridized carbons (Fsp3) is 0.154. The van der Waals surface area contributed by atoms with Gasteiger partial charge in [-0.05, 0) is 16.7 Å². The van der Waals surface area contributed by atoms with E-state index in [9.17, 15) is 4.79 Å². The second kappa shape index (κ2) is 8.20. The Hall–Kier alpha value is -3.70. The van der Waals surface area contributed by atoms with Gasteiger partial charge in [-0.15, -0.1) is 0 Å². The molecule has 0 spiro atoms. The quantitative estimate of drug-likeness (QED) is 0.516. The van der Waals surface area contributed by atoms with E-state index >= 15 is 0 Å². The SMILES string of the molecule is NCC(C(=O)N1Cc2[nH]nc(-c3ccc(-c4ccccc4)cc3)c2C1)c1ccccc1. The molecule has 1 atom stereocenters. The Morgan fingerprint density at radius 2 is 1.48 bits per heavy atom. The number of rotatable bonds is 5. The lowest BCUT2D eigenvalue weighted by atomic mass is 9.98. The lowest BCUT2D eigenvalue weighted by molar-refractivity contribution is -0.133. The normalized spacial score (nSPS) is 13.8. The van der Waals surface area contributed by atoms with Crippen molar-refractivity contribution in [3.8, 4) is 22.4 Å². The zero-order valence-corrected chi connectivity index (χ0v) is 17.2. The van der Waals surface area contributed by atoms with Crippen molar-refractivity contribution in [3.63, 3.8) is 0 Å². The first kappa shape index (κ1) is 19.3. The number of nitrogens with zero attached hydrogens (tertiary/aromatic N) is 2. The maximum atomic E-state index is 13.2. The molecule has 0 aliphatic carbocycles. The van der Waals surface area contributed by atoms with Crippen molar-refractivity contribution in [2.24, 2.45) is 5.73 Å². The number of aromatic nitrogens is 2. The molecule has 1 amide bonds. The third-order valence-corrected chi connectivity index (χ3v) is 5.96. The van der Waals surface area contributed by atoms with Gasteiger partial charge in [0, 0.05) is 17.7 Å². The molecule has 31 heavy (non-hydrogen) atoms. The number of H-pyrrole nitrogens is 1. The van der Waals surface area contributed by atoms with E-state index in [0.29, 0.717) is 19.6 Å². The molecule has 2 heterocycles. The molecule has 1 aliphatic rings. The molecule has 1 unspecified atom stereocenters. The fourth-order valence-corrected chi connectivity index (χ4v) is 4.27. The minimum atomic E-state index is -0.327. The maximum Gasteiger partial charge on any atom is 0.232 e. The molecular weight excluding hydrogens is 384 g/mol. The van der Waals surface area contributed by atoms with Gasteiger partial charge in [-0.2, -0.15) is 5.10 Å². The predicted octanol–water partition coefficient (Wildman–Crippen LogP) is 4.33. The number of aromatic amines is 1. The Balaban J connectivity index is 1.36. The van der Waals surface area contributed by atoms with Gasteiger partial charge in [0.2, 0.25) is 5.91 Å². The summed E-state index contributed by atoms with van der Waals surface area (Å²) in [6, 6.07) is 28.5. The topological polar surface area (TPSA) is 75.0 Å². The smallest absolute Gasteiger partial charge is 0.232 e. The highest BCUT2D eigenvalue weighted by atomic mass is 16.2. The van der Waals surface area contributed by atoms with Gasteiger partial charge in [0.05, 0.1) is 30.4 Å². The Kier molecular flexibility index (Phi) is 5.10. The van der Waals surface area contributed by atoms with Crippen LogP contribution in [0.1, 0.15) is 22.7 Å². The number of carbonyl (C=O) groups is 1. The monoisotopic (exact) mass is 408 g/mol. The van der Waals surface area contributed by atoms with Crippen molar-refractivity contribution in [2.45, 2.75) is 19.0 Å². The van der Waals surface area contributed by atoms with Crippen LogP contribution in [0.2, 0.25) is 0 Å². The van der Waals surface area contributed by atoms with Crippen molar-refractivity contribution in [2.75, 3.05) is 6.54 Å². The molecule has 3 aromatic carbocycles. The van der Waals surface area contributed by atoms with E-state index in [4.69, 9.17) is 5.73 Å². The molecule has 1 aliphatic heterocycles. The van der Waals surface area contributed by atoms with Gasteiger partial charge in [-0.25, -0.2) is 0 Å². The standard InChI is InChI=1S/C26H24N4O/c27-15-22(20-9-5-2-6-10-20)26(31)30-16-23-24(17-30)28-29-25(23)21-13-11-19(12-14-21)18-7-3-1-4-8-18/h1-14,22H,15-17,27H2,(H,28,29). The number of benzene rings is 3. The fourth-order valence-electron chi connectivity index (χ4n) is 4.27. The van der Waals surface area contributed by atoms with Crippen LogP contribution in [-0.4, -0.2) is 27.5 Å². The van der Waals surface area contributed by atoms with Gasteiger partial charge in [-0.3, -0.25) is 9.89 Å². The molecule has 1 aromatic heterocycles. The highest BCUT2D eigenvalue weighted by Gasteiger charge is 2.32. The van der Waals surface area contributed by atoms with Crippen molar-refractivity contribution in [3.05, 3.63) is 102 Å². The molecule has 3 N–H and O–H groups in total. The van der Waals surface area contributed by atoms with Crippen molar-refractivity contribution >= 4 is 5.91 Å². The lowest BCUT2D eigenvalue weighted by Crippen LogP contribution is -2.34. The van der Waals surface area contributed by atoms with E-state index in [1.807, 2.05) is 53.4 Å². The second-order valence-corrected chi connectivity index (χ2v) is 7.87. The van der Waals surface area contributed by atoms with Crippen LogP contribution in [0.25, 0.3) is 22.4 Å². The third-order valence-electron chi connectivity index (χ3n) is 5.96. The van der Waals surface area contributed by atoms with Gasteiger partial charge in [0.1, 0.15) is 0 Å². The Morgan fingerprint density at radius 1 is 0.871 bits per heavy atom. The van der Waals surface area contributed by atoms with Crippen LogP contribution in [0.4, 0.5) is 0 Å². The minimum Gasteiger partial charge on any atom is -0.332 e.